The highest BCUT2D eigenvalue weighted by molar-refractivity contribution is 5.91. The highest BCUT2D eigenvalue weighted by atomic mass is 16.5. The molecular formula is C15H17N3O2. The third kappa shape index (κ3) is 3.54. The molecule has 0 saturated carbocycles. The average Bonchev–Trinajstić information content (AvgIpc) is 2.48. The topological polar surface area (TPSA) is 64.1 Å². The van der Waals surface area contributed by atoms with Crippen LogP contribution in [0.3, 0.4) is 0 Å². The number of benzene rings is 1. The monoisotopic (exact) mass is 271 g/mol. The molecule has 1 heterocycles. The molecule has 0 atom stereocenters. The van der Waals surface area contributed by atoms with Gasteiger partial charge in [-0.25, -0.2) is 4.98 Å². The molecule has 5 heteroatoms. The number of hydrogen-bond donors (Lipinski definition) is 1. The first kappa shape index (κ1) is 14.0. The van der Waals surface area contributed by atoms with Gasteiger partial charge in [-0.1, -0.05) is 12.1 Å². The molecule has 20 heavy (non-hydrogen) atoms. The molecule has 0 aliphatic carbocycles. The van der Waals surface area contributed by atoms with E-state index in [-0.39, 0.29) is 5.91 Å². The third-order valence-electron chi connectivity index (χ3n) is 2.79. The van der Waals surface area contributed by atoms with Crippen LogP contribution in [0.1, 0.15) is 28.5 Å². The number of carbonyl (C=O) groups is 1. The minimum atomic E-state index is -0.232. The quantitative estimate of drug-likeness (QED) is 0.904. The lowest BCUT2D eigenvalue weighted by molar-refractivity contribution is 0.0945. The fourth-order valence-electron chi connectivity index (χ4n) is 1.83. The summed E-state index contributed by atoms with van der Waals surface area (Å²) in [6.07, 6.45) is 4.47. The van der Waals surface area contributed by atoms with Crippen LogP contribution in [0.4, 0.5) is 0 Å². The van der Waals surface area contributed by atoms with Gasteiger partial charge < -0.3 is 10.1 Å². The standard InChI is InChI=1S/C15H17N3O2/c1-3-20-14-5-4-12(8-11(14)2)9-18-15(19)13-10-16-6-7-17-13/h4-8,10H,3,9H2,1-2H3,(H,18,19). The lowest BCUT2D eigenvalue weighted by Crippen LogP contribution is -2.23. The maximum atomic E-state index is 11.8. The van der Waals surface area contributed by atoms with E-state index in [0.29, 0.717) is 18.8 Å². The number of ether oxygens (including phenoxy) is 1. The fourth-order valence-corrected chi connectivity index (χ4v) is 1.83. The van der Waals surface area contributed by atoms with Crippen LogP contribution in [-0.2, 0) is 6.54 Å². The molecule has 104 valence electrons. The van der Waals surface area contributed by atoms with Crippen molar-refractivity contribution in [3.63, 3.8) is 0 Å². The minimum absolute atomic E-state index is 0.232. The summed E-state index contributed by atoms with van der Waals surface area (Å²) < 4.78 is 5.48. The van der Waals surface area contributed by atoms with Gasteiger partial charge in [0.05, 0.1) is 12.8 Å². The molecule has 5 nitrogen and oxygen atoms in total. The first-order chi connectivity index (χ1) is 9.70. The van der Waals surface area contributed by atoms with Crippen LogP contribution in [0.2, 0.25) is 0 Å². The van der Waals surface area contributed by atoms with Gasteiger partial charge in [0.2, 0.25) is 0 Å². The Labute approximate surface area is 118 Å². The zero-order chi connectivity index (χ0) is 14.4. The van der Waals surface area contributed by atoms with Crippen molar-refractivity contribution in [2.75, 3.05) is 6.61 Å². The number of hydrogen-bond acceptors (Lipinski definition) is 4. The van der Waals surface area contributed by atoms with Crippen LogP contribution >= 0.6 is 0 Å². The zero-order valence-electron chi connectivity index (χ0n) is 11.6. The van der Waals surface area contributed by atoms with Gasteiger partial charge in [0.25, 0.3) is 5.91 Å². The lowest BCUT2D eigenvalue weighted by Gasteiger charge is -2.09. The van der Waals surface area contributed by atoms with Crippen molar-refractivity contribution in [1.29, 1.82) is 0 Å². The second-order valence-electron chi connectivity index (χ2n) is 4.31. The van der Waals surface area contributed by atoms with Crippen molar-refractivity contribution in [2.45, 2.75) is 20.4 Å². The number of aryl methyl sites for hydroxylation is 1. The summed E-state index contributed by atoms with van der Waals surface area (Å²) in [7, 11) is 0. The van der Waals surface area contributed by atoms with Crippen molar-refractivity contribution in [1.82, 2.24) is 15.3 Å². The van der Waals surface area contributed by atoms with Gasteiger partial charge in [0.15, 0.2) is 0 Å². The smallest absolute Gasteiger partial charge is 0.271 e. The van der Waals surface area contributed by atoms with Crippen LogP contribution in [0.15, 0.2) is 36.8 Å². The highest BCUT2D eigenvalue weighted by Crippen LogP contribution is 2.19. The summed E-state index contributed by atoms with van der Waals surface area (Å²) in [5.41, 5.74) is 2.39. The van der Waals surface area contributed by atoms with E-state index in [1.165, 1.54) is 18.6 Å². The van der Waals surface area contributed by atoms with E-state index in [2.05, 4.69) is 15.3 Å². The summed E-state index contributed by atoms with van der Waals surface area (Å²) in [5.74, 6) is 0.640. The summed E-state index contributed by atoms with van der Waals surface area (Å²) in [4.78, 5) is 19.7. The van der Waals surface area contributed by atoms with Crippen LogP contribution in [0, 0.1) is 6.92 Å². The normalized spacial score (nSPS) is 10.1. The Morgan fingerprint density at radius 3 is 2.85 bits per heavy atom. The number of rotatable bonds is 5. The SMILES string of the molecule is CCOc1ccc(CNC(=O)c2cnccn2)cc1C. The van der Waals surface area contributed by atoms with Gasteiger partial charge >= 0.3 is 0 Å². The van der Waals surface area contributed by atoms with E-state index in [1.807, 2.05) is 32.0 Å². The lowest BCUT2D eigenvalue weighted by atomic mass is 10.1. The maximum absolute atomic E-state index is 11.8. The maximum Gasteiger partial charge on any atom is 0.271 e. The van der Waals surface area contributed by atoms with E-state index in [9.17, 15) is 4.79 Å². The van der Waals surface area contributed by atoms with Crippen LogP contribution in [0.25, 0.3) is 0 Å². The largest absolute Gasteiger partial charge is 0.494 e. The molecule has 0 aliphatic heterocycles. The molecule has 1 N–H and O–H groups in total. The van der Waals surface area contributed by atoms with Crippen LogP contribution < -0.4 is 10.1 Å². The van der Waals surface area contributed by atoms with Crippen molar-refractivity contribution in [3.05, 3.63) is 53.6 Å². The first-order valence-electron chi connectivity index (χ1n) is 6.47. The van der Waals surface area contributed by atoms with E-state index >= 15 is 0 Å². The van der Waals surface area contributed by atoms with Gasteiger partial charge in [0.1, 0.15) is 11.4 Å². The summed E-state index contributed by atoms with van der Waals surface area (Å²) in [5, 5.41) is 2.81. The number of aromatic nitrogens is 2. The number of amides is 1. The van der Waals surface area contributed by atoms with Gasteiger partial charge in [-0.05, 0) is 31.0 Å². The molecule has 1 aromatic carbocycles. The van der Waals surface area contributed by atoms with Gasteiger partial charge in [0, 0.05) is 18.9 Å². The highest BCUT2D eigenvalue weighted by Gasteiger charge is 2.07. The van der Waals surface area contributed by atoms with Gasteiger partial charge in [-0.15, -0.1) is 0 Å². The second-order valence-corrected chi connectivity index (χ2v) is 4.31. The Morgan fingerprint density at radius 1 is 1.35 bits per heavy atom. The second kappa shape index (κ2) is 6.65. The first-order valence-corrected chi connectivity index (χ1v) is 6.47. The molecule has 0 unspecified atom stereocenters. The molecule has 0 fully saturated rings. The average molecular weight is 271 g/mol. The summed E-state index contributed by atoms with van der Waals surface area (Å²) >= 11 is 0. The molecule has 0 spiro atoms. The molecule has 0 bridgehead atoms. The Morgan fingerprint density at radius 2 is 2.20 bits per heavy atom. The molecular weight excluding hydrogens is 254 g/mol. The molecule has 0 radical (unpaired) electrons. The Bertz CT molecular complexity index is 585. The third-order valence-corrected chi connectivity index (χ3v) is 2.79. The van der Waals surface area contributed by atoms with Crippen LogP contribution in [0.5, 0.6) is 5.75 Å². The predicted octanol–water partition coefficient (Wildman–Crippen LogP) is 2.11. The zero-order valence-corrected chi connectivity index (χ0v) is 11.6. The summed E-state index contributed by atoms with van der Waals surface area (Å²) in [6, 6.07) is 5.86. The van der Waals surface area contributed by atoms with E-state index in [0.717, 1.165) is 16.9 Å². The van der Waals surface area contributed by atoms with Crippen molar-refractivity contribution < 1.29 is 9.53 Å². The van der Waals surface area contributed by atoms with Gasteiger partial charge in [-0.3, -0.25) is 9.78 Å². The Balaban J connectivity index is 1.97. The van der Waals surface area contributed by atoms with E-state index in [1.54, 1.807) is 0 Å². The fraction of sp³-hybridized carbons (Fsp3) is 0.267. The molecule has 0 saturated heterocycles. The Hall–Kier alpha value is -2.43. The van der Waals surface area contributed by atoms with Crippen molar-refractivity contribution >= 4 is 5.91 Å². The van der Waals surface area contributed by atoms with Crippen molar-refractivity contribution in [2.24, 2.45) is 0 Å². The predicted molar refractivity (Wildman–Crippen MR) is 75.6 cm³/mol. The van der Waals surface area contributed by atoms with Gasteiger partial charge in [-0.2, -0.15) is 0 Å². The molecule has 1 aromatic heterocycles. The number of nitrogens with zero attached hydrogens (tertiary/aromatic N) is 2. The Kier molecular flexibility index (Phi) is 4.65. The molecule has 2 aromatic rings. The van der Waals surface area contributed by atoms with Crippen LogP contribution in [-0.4, -0.2) is 22.5 Å². The summed E-state index contributed by atoms with van der Waals surface area (Å²) in [6.45, 7) is 5.03. The molecule has 2 rings (SSSR count). The number of nitrogens with one attached hydrogen (secondary N) is 1. The van der Waals surface area contributed by atoms with E-state index < -0.39 is 0 Å². The molecule has 0 aliphatic rings. The minimum Gasteiger partial charge on any atom is -0.494 e. The molecule has 1 amide bonds. The van der Waals surface area contributed by atoms with E-state index in [4.69, 9.17) is 4.74 Å². The number of carbonyl (C=O) groups excluding carboxylic acids is 1. The van der Waals surface area contributed by atoms with Crippen molar-refractivity contribution in [3.8, 4) is 5.75 Å².